The van der Waals surface area contributed by atoms with Crippen molar-refractivity contribution in [2.45, 2.75) is 25.1 Å². The molecule has 1 aliphatic heterocycles. The van der Waals surface area contributed by atoms with Crippen LogP contribution in [0.5, 0.6) is 5.75 Å². The number of carbonyl (C=O) groups is 1. The van der Waals surface area contributed by atoms with E-state index in [-0.39, 0.29) is 16.3 Å². The smallest absolute Gasteiger partial charge is 0.416 e. The Balaban J connectivity index is 2.07. The Bertz CT molecular complexity index is 927. The molecule has 162 valence electrons. The molecule has 0 aromatic heterocycles. The highest BCUT2D eigenvalue weighted by Crippen LogP contribution is 2.40. The average Bonchev–Trinajstić information content (AvgIpc) is 2.69. The van der Waals surface area contributed by atoms with Crippen molar-refractivity contribution in [3.05, 3.63) is 63.9 Å². The van der Waals surface area contributed by atoms with Crippen LogP contribution in [0.3, 0.4) is 0 Å². The number of ether oxygens (including phenoxy) is 1. The van der Waals surface area contributed by atoms with Gasteiger partial charge in [0.15, 0.2) is 11.6 Å². The van der Waals surface area contributed by atoms with Crippen LogP contribution < -0.4 is 4.74 Å². The van der Waals surface area contributed by atoms with Gasteiger partial charge in [0.05, 0.1) is 24.6 Å². The molecule has 1 unspecified atom stereocenters. The molecule has 3 rings (SSSR count). The van der Waals surface area contributed by atoms with Crippen molar-refractivity contribution in [1.82, 2.24) is 4.90 Å². The number of hydrogen-bond acceptors (Lipinski definition) is 3. The number of methoxy groups -OCH3 is 1. The number of halogens is 5. The summed E-state index contributed by atoms with van der Waals surface area (Å²) >= 11 is 6.28. The standard InChI is InChI=1S/C21H20ClF4NO3/c1-30-18-5-2-13(10-17(18)23)19(27-8-6-12(7-9-27)20(28)29)15-11-14(21(24,25)26)3-4-16(15)22/h2-5,10-12,19H,6-9H2,1H3,(H,28,29). The van der Waals surface area contributed by atoms with Gasteiger partial charge in [0.2, 0.25) is 0 Å². The van der Waals surface area contributed by atoms with Crippen LogP contribution in [0.2, 0.25) is 5.02 Å². The molecule has 0 spiro atoms. The fourth-order valence-corrected chi connectivity index (χ4v) is 3.99. The lowest BCUT2D eigenvalue weighted by atomic mass is 9.90. The summed E-state index contributed by atoms with van der Waals surface area (Å²) in [5.41, 5.74) is -0.269. The molecule has 0 bridgehead atoms. The zero-order valence-electron chi connectivity index (χ0n) is 16.0. The van der Waals surface area contributed by atoms with Gasteiger partial charge in [-0.25, -0.2) is 4.39 Å². The van der Waals surface area contributed by atoms with Crippen LogP contribution in [-0.4, -0.2) is 36.2 Å². The van der Waals surface area contributed by atoms with E-state index in [1.165, 1.54) is 25.3 Å². The van der Waals surface area contributed by atoms with E-state index in [4.69, 9.17) is 16.3 Å². The molecule has 1 aliphatic rings. The molecule has 2 aromatic rings. The SMILES string of the molecule is COc1ccc(C(c2cc(C(F)(F)F)ccc2Cl)N2CCC(C(=O)O)CC2)cc1F. The van der Waals surface area contributed by atoms with Gasteiger partial charge in [-0.2, -0.15) is 13.2 Å². The maximum atomic E-state index is 14.4. The van der Waals surface area contributed by atoms with E-state index in [2.05, 4.69) is 0 Å². The zero-order chi connectivity index (χ0) is 22.1. The molecule has 0 aliphatic carbocycles. The van der Waals surface area contributed by atoms with E-state index in [0.717, 1.165) is 12.1 Å². The molecule has 2 aromatic carbocycles. The van der Waals surface area contributed by atoms with Crippen molar-refractivity contribution in [3.63, 3.8) is 0 Å². The maximum absolute atomic E-state index is 14.4. The van der Waals surface area contributed by atoms with E-state index >= 15 is 0 Å². The molecule has 1 saturated heterocycles. The van der Waals surface area contributed by atoms with Gasteiger partial charge in [0.25, 0.3) is 0 Å². The number of nitrogens with zero attached hydrogens (tertiary/aromatic N) is 1. The lowest BCUT2D eigenvalue weighted by Crippen LogP contribution is -2.39. The largest absolute Gasteiger partial charge is 0.494 e. The van der Waals surface area contributed by atoms with E-state index in [9.17, 15) is 27.5 Å². The van der Waals surface area contributed by atoms with Crippen LogP contribution in [0, 0.1) is 11.7 Å². The number of likely N-dealkylation sites (tertiary alicyclic amines) is 1. The molecule has 30 heavy (non-hydrogen) atoms. The molecule has 0 radical (unpaired) electrons. The Morgan fingerprint density at radius 2 is 1.87 bits per heavy atom. The maximum Gasteiger partial charge on any atom is 0.416 e. The number of piperidine rings is 1. The molecular weight excluding hydrogens is 426 g/mol. The highest BCUT2D eigenvalue weighted by Gasteiger charge is 2.35. The van der Waals surface area contributed by atoms with Crippen LogP contribution in [0.1, 0.15) is 35.6 Å². The van der Waals surface area contributed by atoms with Crippen molar-refractivity contribution >= 4 is 17.6 Å². The topological polar surface area (TPSA) is 49.8 Å². The predicted molar refractivity (Wildman–Crippen MR) is 103 cm³/mol. The third-order valence-corrected chi connectivity index (χ3v) is 5.70. The quantitative estimate of drug-likeness (QED) is 0.627. The average molecular weight is 446 g/mol. The molecule has 9 heteroatoms. The summed E-state index contributed by atoms with van der Waals surface area (Å²) in [6.07, 6.45) is -3.90. The first-order valence-electron chi connectivity index (χ1n) is 9.28. The summed E-state index contributed by atoms with van der Waals surface area (Å²) in [6, 6.07) is 6.47. The zero-order valence-corrected chi connectivity index (χ0v) is 16.8. The number of benzene rings is 2. The summed E-state index contributed by atoms with van der Waals surface area (Å²) < 4.78 is 59.3. The van der Waals surface area contributed by atoms with Crippen molar-refractivity contribution < 1.29 is 32.2 Å². The first-order chi connectivity index (χ1) is 14.1. The Morgan fingerprint density at radius 1 is 1.20 bits per heavy atom. The van der Waals surface area contributed by atoms with E-state index in [0.29, 0.717) is 31.5 Å². The van der Waals surface area contributed by atoms with Gasteiger partial charge in [-0.15, -0.1) is 0 Å². The first kappa shape index (κ1) is 22.4. The molecule has 0 amide bonds. The third kappa shape index (κ3) is 4.70. The van der Waals surface area contributed by atoms with Crippen molar-refractivity contribution in [1.29, 1.82) is 0 Å². The minimum absolute atomic E-state index is 0.0113. The summed E-state index contributed by atoms with van der Waals surface area (Å²) in [7, 11) is 1.32. The number of hydrogen-bond donors (Lipinski definition) is 1. The number of carboxylic acids is 1. The second kappa shape index (κ2) is 8.81. The predicted octanol–water partition coefficient (Wildman–Crippen LogP) is 5.39. The highest BCUT2D eigenvalue weighted by molar-refractivity contribution is 6.31. The van der Waals surface area contributed by atoms with Crippen molar-refractivity contribution in [3.8, 4) is 5.75 Å². The molecule has 0 saturated carbocycles. The molecule has 1 heterocycles. The Hall–Kier alpha value is -2.32. The third-order valence-electron chi connectivity index (χ3n) is 5.35. The lowest BCUT2D eigenvalue weighted by molar-refractivity contribution is -0.143. The Labute approximate surface area is 176 Å². The fraction of sp³-hybridized carbons (Fsp3) is 0.381. The summed E-state index contributed by atoms with van der Waals surface area (Å²) in [5.74, 6) is -2.06. The first-order valence-corrected chi connectivity index (χ1v) is 9.66. The van der Waals surface area contributed by atoms with Gasteiger partial charge < -0.3 is 9.84 Å². The van der Waals surface area contributed by atoms with Crippen molar-refractivity contribution in [2.24, 2.45) is 5.92 Å². The summed E-state index contributed by atoms with van der Waals surface area (Å²) in [6.45, 7) is 0.643. The minimum atomic E-state index is -4.56. The van der Waals surface area contributed by atoms with E-state index in [1.54, 1.807) is 6.07 Å². The molecular formula is C21H20ClF4NO3. The van der Waals surface area contributed by atoms with Gasteiger partial charge in [0.1, 0.15) is 0 Å². The Kier molecular flexibility index (Phi) is 6.57. The second-order valence-electron chi connectivity index (χ2n) is 7.18. The highest BCUT2D eigenvalue weighted by atomic mass is 35.5. The van der Waals surface area contributed by atoms with Gasteiger partial charge in [0, 0.05) is 5.02 Å². The van der Waals surface area contributed by atoms with Gasteiger partial charge in [-0.3, -0.25) is 9.69 Å². The number of alkyl halides is 3. The summed E-state index contributed by atoms with van der Waals surface area (Å²) in [5, 5.41) is 9.35. The van der Waals surface area contributed by atoms with Gasteiger partial charge >= 0.3 is 12.1 Å². The van der Waals surface area contributed by atoms with Crippen LogP contribution in [0.4, 0.5) is 17.6 Å². The molecule has 1 N–H and O–H groups in total. The minimum Gasteiger partial charge on any atom is -0.494 e. The number of rotatable bonds is 5. The van der Waals surface area contributed by atoms with Crippen LogP contribution in [-0.2, 0) is 11.0 Å². The van der Waals surface area contributed by atoms with E-state index in [1.807, 2.05) is 4.90 Å². The monoisotopic (exact) mass is 445 g/mol. The van der Waals surface area contributed by atoms with Gasteiger partial charge in [-0.1, -0.05) is 17.7 Å². The molecule has 1 atom stereocenters. The Morgan fingerprint density at radius 3 is 2.40 bits per heavy atom. The fourth-order valence-electron chi connectivity index (χ4n) is 3.77. The number of carboxylic acid groups (broad SMARTS) is 1. The lowest BCUT2D eigenvalue weighted by Gasteiger charge is -2.37. The van der Waals surface area contributed by atoms with Crippen LogP contribution in [0.15, 0.2) is 36.4 Å². The van der Waals surface area contributed by atoms with Crippen molar-refractivity contribution in [2.75, 3.05) is 20.2 Å². The van der Waals surface area contributed by atoms with Gasteiger partial charge in [-0.05, 0) is 67.4 Å². The van der Waals surface area contributed by atoms with Crippen LogP contribution in [0.25, 0.3) is 0 Å². The summed E-state index contributed by atoms with van der Waals surface area (Å²) in [4.78, 5) is 13.1. The second-order valence-corrected chi connectivity index (χ2v) is 7.59. The molecule has 1 fully saturated rings. The van der Waals surface area contributed by atoms with E-state index < -0.39 is 35.5 Å². The molecule has 4 nitrogen and oxygen atoms in total. The van der Waals surface area contributed by atoms with Crippen LogP contribution >= 0.6 is 11.6 Å². The number of aliphatic carboxylic acids is 1. The normalized spacial score (nSPS) is 17.0.